The van der Waals surface area contributed by atoms with E-state index in [0.717, 1.165) is 30.6 Å². The maximum atomic E-state index is 12.4. The molecule has 0 radical (unpaired) electrons. The number of amides is 2. The Bertz CT molecular complexity index is 882. The van der Waals surface area contributed by atoms with Gasteiger partial charge in [-0.1, -0.05) is 32.8 Å². The zero-order valence-electron chi connectivity index (χ0n) is 17.7. The first-order chi connectivity index (χ1) is 14.4. The molecule has 0 bridgehead atoms. The summed E-state index contributed by atoms with van der Waals surface area (Å²) in [5.74, 6) is 0.366. The minimum Gasteiger partial charge on any atom is -0.494 e. The van der Waals surface area contributed by atoms with E-state index < -0.39 is 0 Å². The van der Waals surface area contributed by atoms with Crippen molar-refractivity contribution in [3.8, 4) is 5.75 Å². The zero-order chi connectivity index (χ0) is 21.9. The minimum atomic E-state index is -0.309. The molecule has 6 nitrogen and oxygen atoms in total. The van der Waals surface area contributed by atoms with Crippen LogP contribution in [-0.2, 0) is 4.79 Å². The molecule has 0 unspecified atom stereocenters. The van der Waals surface area contributed by atoms with E-state index >= 15 is 0 Å². The molecule has 2 aromatic carbocycles. The normalized spacial score (nSPS) is 10.2. The summed E-state index contributed by atoms with van der Waals surface area (Å²) >= 11 is 5.25. The van der Waals surface area contributed by atoms with Gasteiger partial charge in [0.2, 0.25) is 5.91 Å². The van der Waals surface area contributed by atoms with Gasteiger partial charge in [0.05, 0.1) is 6.61 Å². The summed E-state index contributed by atoms with van der Waals surface area (Å²) in [4.78, 5) is 24.1. The summed E-state index contributed by atoms with van der Waals surface area (Å²) in [5, 5.41) is 8.66. The number of carbonyl (C=O) groups is 2. The number of unbranched alkanes of at least 4 members (excludes halogenated alkanes) is 2. The molecule has 7 heteroatoms. The van der Waals surface area contributed by atoms with Crippen LogP contribution in [0.25, 0.3) is 0 Å². The van der Waals surface area contributed by atoms with Crippen molar-refractivity contribution in [3.63, 3.8) is 0 Å². The van der Waals surface area contributed by atoms with Crippen molar-refractivity contribution < 1.29 is 14.3 Å². The first-order valence-corrected chi connectivity index (χ1v) is 10.6. The molecule has 30 heavy (non-hydrogen) atoms. The van der Waals surface area contributed by atoms with Gasteiger partial charge in [-0.2, -0.15) is 0 Å². The number of thiocarbonyl (C=S) groups is 1. The average molecular weight is 428 g/mol. The first kappa shape index (κ1) is 23.3. The van der Waals surface area contributed by atoms with Crippen LogP contribution in [0.15, 0.2) is 42.5 Å². The number of rotatable bonds is 9. The maximum Gasteiger partial charge on any atom is 0.257 e. The molecule has 0 aliphatic rings. The predicted molar refractivity (Wildman–Crippen MR) is 125 cm³/mol. The molecule has 0 aliphatic heterocycles. The summed E-state index contributed by atoms with van der Waals surface area (Å²) in [6.07, 6.45) is 3.70. The largest absolute Gasteiger partial charge is 0.494 e. The molecule has 3 N–H and O–H groups in total. The highest BCUT2D eigenvalue weighted by Gasteiger charge is 2.10. The molecule has 2 amide bonds. The molecule has 0 aliphatic carbocycles. The molecule has 0 saturated heterocycles. The highest BCUT2D eigenvalue weighted by atomic mass is 32.1. The molecule has 0 spiro atoms. The lowest BCUT2D eigenvalue weighted by Crippen LogP contribution is -2.34. The number of carbonyl (C=O) groups excluding carboxylic acids is 2. The Balaban J connectivity index is 1.90. The van der Waals surface area contributed by atoms with Crippen LogP contribution in [0.2, 0.25) is 0 Å². The summed E-state index contributed by atoms with van der Waals surface area (Å²) in [5.41, 5.74) is 2.80. The standard InChI is InChI=1S/C23H29N3O3S/c1-4-6-7-14-29-19-12-9-17(10-13-19)22(28)26-23(30)24-18-11-8-16(3)20(15-18)25-21(27)5-2/h8-13,15H,4-7,14H2,1-3H3,(H,25,27)(H2,24,26,28,30). The topological polar surface area (TPSA) is 79.5 Å². The fourth-order valence-corrected chi connectivity index (χ4v) is 2.87. The van der Waals surface area contributed by atoms with Gasteiger partial charge in [-0.15, -0.1) is 0 Å². The van der Waals surface area contributed by atoms with Gasteiger partial charge in [0.15, 0.2) is 5.11 Å². The van der Waals surface area contributed by atoms with Crippen LogP contribution in [-0.4, -0.2) is 23.5 Å². The van der Waals surface area contributed by atoms with E-state index in [9.17, 15) is 9.59 Å². The van der Waals surface area contributed by atoms with Gasteiger partial charge in [-0.3, -0.25) is 14.9 Å². The quantitative estimate of drug-likeness (QED) is 0.386. The summed E-state index contributed by atoms with van der Waals surface area (Å²) < 4.78 is 5.66. The fourth-order valence-electron chi connectivity index (χ4n) is 2.66. The van der Waals surface area contributed by atoms with Crippen molar-refractivity contribution in [1.82, 2.24) is 5.32 Å². The Morgan fingerprint density at radius 1 is 1.00 bits per heavy atom. The Morgan fingerprint density at radius 3 is 2.40 bits per heavy atom. The second-order valence-corrected chi connectivity index (χ2v) is 7.33. The third-order valence-electron chi connectivity index (χ3n) is 4.45. The van der Waals surface area contributed by atoms with Gasteiger partial charge in [-0.05, 0) is 67.5 Å². The van der Waals surface area contributed by atoms with Gasteiger partial charge >= 0.3 is 0 Å². The van der Waals surface area contributed by atoms with Crippen molar-refractivity contribution in [2.75, 3.05) is 17.2 Å². The fraction of sp³-hybridized carbons (Fsp3) is 0.348. The van der Waals surface area contributed by atoms with E-state index in [4.69, 9.17) is 17.0 Å². The summed E-state index contributed by atoms with van der Waals surface area (Å²) in [6, 6.07) is 12.5. The smallest absolute Gasteiger partial charge is 0.257 e. The molecular weight excluding hydrogens is 398 g/mol. The number of anilines is 2. The van der Waals surface area contributed by atoms with E-state index in [0.29, 0.717) is 30.0 Å². The second-order valence-electron chi connectivity index (χ2n) is 6.92. The van der Waals surface area contributed by atoms with E-state index in [1.165, 1.54) is 0 Å². The van der Waals surface area contributed by atoms with Gasteiger partial charge in [0, 0.05) is 23.4 Å². The number of nitrogens with one attached hydrogen (secondary N) is 3. The third kappa shape index (κ3) is 7.48. The number of ether oxygens (including phenoxy) is 1. The molecule has 0 atom stereocenters. The Labute approximate surface area is 183 Å². The van der Waals surface area contributed by atoms with Crippen molar-refractivity contribution in [1.29, 1.82) is 0 Å². The first-order valence-electron chi connectivity index (χ1n) is 10.2. The van der Waals surface area contributed by atoms with E-state index in [-0.39, 0.29) is 16.9 Å². The van der Waals surface area contributed by atoms with Crippen LogP contribution >= 0.6 is 12.2 Å². The second kappa shape index (κ2) is 11.9. The molecule has 0 aromatic heterocycles. The molecule has 2 aromatic rings. The van der Waals surface area contributed by atoms with E-state index in [1.54, 1.807) is 37.3 Å². The highest BCUT2D eigenvalue weighted by Crippen LogP contribution is 2.20. The number of hydrogen-bond donors (Lipinski definition) is 3. The van der Waals surface area contributed by atoms with Crippen LogP contribution in [0.3, 0.4) is 0 Å². The van der Waals surface area contributed by atoms with Gasteiger partial charge in [0.1, 0.15) is 5.75 Å². The molecule has 0 heterocycles. The Kier molecular flexibility index (Phi) is 9.28. The van der Waals surface area contributed by atoms with Crippen LogP contribution in [0, 0.1) is 6.92 Å². The lowest BCUT2D eigenvalue weighted by atomic mass is 10.1. The predicted octanol–water partition coefficient (Wildman–Crippen LogP) is 5.04. The number of hydrogen-bond acceptors (Lipinski definition) is 4. The van der Waals surface area contributed by atoms with Crippen molar-refractivity contribution in [2.45, 2.75) is 46.5 Å². The number of aryl methyl sites for hydroxylation is 1. The molecule has 2 rings (SSSR count). The molecule has 0 saturated carbocycles. The minimum absolute atomic E-state index is 0.0658. The van der Waals surface area contributed by atoms with Crippen molar-refractivity contribution >= 4 is 40.5 Å². The lowest BCUT2D eigenvalue weighted by molar-refractivity contribution is -0.115. The van der Waals surface area contributed by atoms with Crippen molar-refractivity contribution in [2.24, 2.45) is 0 Å². The lowest BCUT2D eigenvalue weighted by Gasteiger charge is -2.13. The average Bonchev–Trinajstić information content (AvgIpc) is 2.73. The van der Waals surface area contributed by atoms with Gasteiger partial charge < -0.3 is 15.4 Å². The summed E-state index contributed by atoms with van der Waals surface area (Å²) in [7, 11) is 0. The van der Waals surface area contributed by atoms with Crippen LogP contribution < -0.4 is 20.7 Å². The van der Waals surface area contributed by atoms with Crippen LogP contribution in [0.1, 0.15) is 55.5 Å². The van der Waals surface area contributed by atoms with E-state index in [2.05, 4.69) is 22.9 Å². The summed E-state index contributed by atoms with van der Waals surface area (Å²) in [6.45, 7) is 6.52. The molecule has 0 fully saturated rings. The highest BCUT2D eigenvalue weighted by molar-refractivity contribution is 7.80. The number of benzene rings is 2. The van der Waals surface area contributed by atoms with E-state index in [1.807, 2.05) is 19.1 Å². The van der Waals surface area contributed by atoms with Gasteiger partial charge in [0.25, 0.3) is 5.91 Å². The van der Waals surface area contributed by atoms with Gasteiger partial charge in [-0.25, -0.2) is 0 Å². The SMILES string of the molecule is CCCCCOc1ccc(C(=O)NC(=S)Nc2ccc(C)c(NC(=O)CC)c2)cc1. The van der Waals surface area contributed by atoms with Crippen molar-refractivity contribution in [3.05, 3.63) is 53.6 Å². The monoisotopic (exact) mass is 427 g/mol. The maximum absolute atomic E-state index is 12.4. The Morgan fingerprint density at radius 2 is 1.73 bits per heavy atom. The third-order valence-corrected chi connectivity index (χ3v) is 4.65. The Hall–Kier alpha value is -2.93. The molecular formula is C23H29N3O3S. The van der Waals surface area contributed by atoms with Crippen LogP contribution in [0.5, 0.6) is 5.75 Å². The zero-order valence-corrected chi connectivity index (χ0v) is 18.5. The van der Waals surface area contributed by atoms with Crippen LogP contribution in [0.4, 0.5) is 11.4 Å². The molecule has 160 valence electrons.